The second kappa shape index (κ2) is 74.4. The van der Waals surface area contributed by atoms with Gasteiger partial charge in [-0.3, -0.25) is 34.7 Å². The first-order chi connectivity index (χ1) is 66.3. The number of aliphatic hydroxyl groups is 2. The van der Waals surface area contributed by atoms with E-state index in [-0.39, 0.29) is 13.2 Å². The van der Waals surface area contributed by atoms with Crippen LogP contribution >= 0.6 is 0 Å². The van der Waals surface area contributed by atoms with Gasteiger partial charge in [-0.1, -0.05) is 296 Å². The molecule has 11 aromatic rings. The van der Waals surface area contributed by atoms with Crippen molar-refractivity contribution in [2.24, 2.45) is 0 Å². The van der Waals surface area contributed by atoms with Crippen LogP contribution in [0, 0.1) is 48.5 Å². The molecular formula is C126H197N10O4+. The zero-order valence-electron chi connectivity index (χ0n) is 95.0. The lowest BCUT2D eigenvalue weighted by molar-refractivity contribution is -0.716. The van der Waals surface area contributed by atoms with Crippen LogP contribution in [-0.4, -0.2) is 153 Å². The SMILES string of the molecule is CC(C)N1CCCCC1.CC(C)N1CCN(C)CC1.CC(C)N1CCOCC1.CC(C)[n+]1ccc(CO)cc1.CC(C)c1cccc(CO)c1.CC(C)c1ccccn1.COc1ccccc1C(C)C.Cc1ccc(C(C)C)cc1.Cc1ccc(C(C)C)nc1.Cc1cccc(C(C)C)c1.Cc1cccc(C(C)C)n1.Cc1ccccc1C(C)C.Cc1cccnc1C(C)C.Cc1ccnc(C(C)C)c1. The molecule has 140 heavy (non-hydrogen) atoms. The topological polar surface area (TPSA) is 140 Å². The summed E-state index contributed by atoms with van der Waals surface area (Å²) in [5.74, 6) is 6.74. The number of para-hydroxylation sites is 1. The average molecular weight is 1920 g/mol. The summed E-state index contributed by atoms with van der Waals surface area (Å²) in [6.45, 7) is 87.9. The Morgan fingerprint density at radius 1 is 0.329 bits per heavy atom. The summed E-state index contributed by atoms with van der Waals surface area (Å²) >= 11 is 0. The van der Waals surface area contributed by atoms with Crippen LogP contribution in [0.25, 0.3) is 0 Å². The molecule has 9 heterocycles. The number of benzene rings is 5. The van der Waals surface area contributed by atoms with E-state index >= 15 is 0 Å². The third-order valence-corrected chi connectivity index (χ3v) is 24.1. The first kappa shape index (κ1) is 129. The summed E-state index contributed by atoms with van der Waals surface area (Å²) in [5, 5.41) is 17.6. The van der Waals surface area contributed by atoms with Crippen molar-refractivity contribution in [1.29, 1.82) is 0 Å². The van der Waals surface area contributed by atoms with Crippen LogP contribution in [0.1, 0.15) is 385 Å². The molecule has 3 saturated heterocycles. The van der Waals surface area contributed by atoms with Gasteiger partial charge in [0, 0.05) is 128 Å². The number of aliphatic hydroxyl groups excluding tert-OH is 2. The Hall–Kier alpha value is -9.48. The number of aryl methyl sites for hydroxylation is 7. The smallest absolute Gasteiger partial charge is 0.169 e. The number of pyridine rings is 6. The van der Waals surface area contributed by atoms with E-state index < -0.39 is 0 Å². The molecule has 14 rings (SSSR count). The highest BCUT2D eigenvalue weighted by atomic mass is 16.5. The molecule has 6 aromatic heterocycles. The zero-order valence-corrected chi connectivity index (χ0v) is 95.0. The van der Waals surface area contributed by atoms with Crippen molar-refractivity contribution in [3.63, 3.8) is 0 Å². The minimum atomic E-state index is 0.124. The van der Waals surface area contributed by atoms with E-state index in [4.69, 9.17) is 19.7 Å². The van der Waals surface area contributed by atoms with Crippen LogP contribution in [0.15, 0.2) is 243 Å². The number of piperidine rings is 1. The Kier molecular flexibility index (Phi) is 68.3. The van der Waals surface area contributed by atoms with Gasteiger partial charge in [-0.2, -0.15) is 0 Å². The van der Waals surface area contributed by atoms with Crippen LogP contribution in [0.3, 0.4) is 0 Å². The number of nitrogens with zero attached hydrogens (tertiary/aromatic N) is 10. The molecule has 3 aliphatic heterocycles. The van der Waals surface area contributed by atoms with E-state index in [0.717, 1.165) is 66.7 Å². The highest BCUT2D eigenvalue weighted by Gasteiger charge is 2.17. The molecule has 0 atom stereocenters. The van der Waals surface area contributed by atoms with Crippen LogP contribution in [-0.2, 0) is 18.0 Å². The molecule has 0 bridgehead atoms. The van der Waals surface area contributed by atoms with Crippen molar-refractivity contribution in [2.45, 2.75) is 358 Å². The van der Waals surface area contributed by atoms with Crippen molar-refractivity contribution in [2.75, 3.05) is 79.7 Å². The highest BCUT2D eigenvalue weighted by molar-refractivity contribution is 5.36. The Morgan fingerprint density at radius 2 is 0.786 bits per heavy atom. The van der Waals surface area contributed by atoms with Gasteiger partial charge in [0.05, 0.1) is 33.5 Å². The zero-order chi connectivity index (χ0) is 105. The van der Waals surface area contributed by atoms with E-state index in [0.29, 0.717) is 71.3 Å². The van der Waals surface area contributed by atoms with Crippen molar-refractivity contribution < 1.29 is 24.3 Å². The Labute approximate surface area is 857 Å². The number of ether oxygens (including phenoxy) is 2. The first-order valence-corrected chi connectivity index (χ1v) is 52.5. The number of likely N-dealkylation sites (tertiary alicyclic amines) is 1. The fourth-order valence-electron chi connectivity index (χ4n) is 14.6. The highest BCUT2D eigenvalue weighted by Crippen LogP contribution is 2.26. The number of hydrogen-bond acceptors (Lipinski definition) is 13. The summed E-state index contributed by atoms with van der Waals surface area (Å²) in [6, 6.07) is 73.2. The second-order valence-corrected chi connectivity index (χ2v) is 41.3. The molecule has 14 nitrogen and oxygen atoms in total. The van der Waals surface area contributed by atoms with Crippen molar-refractivity contribution in [3.8, 4) is 5.75 Å². The number of hydrogen-bond donors (Lipinski definition) is 2. The van der Waals surface area contributed by atoms with Crippen molar-refractivity contribution in [3.05, 3.63) is 350 Å². The fraction of sp³-hybridized carbons (Fsp3) is 0.524. The van der Waals surface area contributed by atoms with Gasteiger partial charge in [-0.25, -0.2) is 4.57 Å². The molecule has 0 aliphatic carbocycles. The molecule has 0 saturated carbocycles. The minimum Gasteiger partial charge on any atom is -0.496 e. The number of methoxy groups -OCH3 is 1. The van der Waals surface area contributed by atoms with Gasteiger partial charge in [0.25, 0.3) is 0 Å². The number of likely N-dealkylation sites (N-methyl/N-ethyl adjacent to an activating group) is 1. The Balaban J connectivity index is 0.000000754. The van der Waals surface area contributed by atoms with Crippen LogP contribution in [0.5, 0.6) is 5.75 Å². The molecule has 2 N–H and O–H groups in total. The molecular weight excluding hydrogens is 1720 g/mol. The van der Waals surface area contributed by atoms with Crippen molar-refractivity contribution in [1.82, 2.24) is 44.5 Å². The van der Waals surface area contributed by atoms with Gasteiger partial charge in [-0.15, -0.1) is 0 Å². The lowest BCUT2D eigenvalue weighted by Crippen LogP contribution is -2.47. The summed E-state index contributed by atoms with van der Waals surface area (Å²) < 4.78 is 12.5. The quantitative estimate of drug-likeness (QED) is 0.0837. The molecule has 0 radical (unpaired) electrons. The number of aromatic nitrogens is 6. The molecule has 774 valence electrons. The number of rotatable bonds is 17. The van der Waals surface area contributed by atoms with Gasteiger partial charge >= 0.3 is 0 Å². The Bertz CT molecular complexity index is 4630. The summed E-state index contributed by atoms with van der Waals surface area (Å²) in [7, 11) is 3.90. The summed E-state index contributed by atoms with van der Waals surface area (Å²) in [4.78, 5) is 31.3. The lowest BCUT2D eigenvalue weighted by atomic mass is 9.99. The summed E-state index contributed by atoms with van der Waals surface area (Å²) in [5.41, 5.74) is 23.7. The van der Waals surface area contributed by atoms with Crippen LogP contribution in [0.4, 0.5) is 0 Å². The van der Waals surface area contributed by atoms with Gasteiger partial charge in [-0.05, 0) is 312 Å². The maximum absolute atomic E-state index is 8.84. The third kappa shape index (κ3) is 58.2. The second-order valence-electron chi connectivity index (χ2n) is 41.3. The fourth-order valence-corrected chi connectivity index (χ4v) is 14.6. The third-order valence-electron chi connectivity index (χ3n) is 24.1. The van der Waals surface area contributed by atoms with Gasteiger partial charge in [0.1, 0.15) is 5.75 Å². The lowest BCUT2D eigenvalue weighted by Gasteiger charge is -2.34. The predicted molar refractivity (Wildman–Crippen MR) is 605 cm³/mol. The maximum atomic E-state index is 8.84. The van der Waals surface area contributed by atoms with Crippen LogP contribution in [0.2, 0.25) is 0 Å². The van der Waals surface area contributed by atoms with Gasteiger partial charge in [0.15, 0.2) is 18.4 Å². The molecule has 3 fully saturated rings. The van der Waals surface area contributed by atoms with Crippen LogP contribution < -0.4 is 9.30 Å². The maximum Gasteiger partial charge on any atom is 0.169 e. The van der Waals surface area contributed by atoms with E-state index in [1.807, 2.05) is 129 Å². The average Bonchev–Trinajstić information content (AvgIpc) is 0.889. The van der Waals surface area contributed by atoms with Gasteiger partial charge in [0.2, 0.25) is 0 Å². The van der Waals surface area contributed by atoms with E-state index in [1.165, 1.54) is 143 Å². The molecule has 3 aliphatic rings. The monoisotopic (exact) mass is 1910 g/mol. The molecule has 14 heteroatoms. The van der Waals surface area contributed by atoms with E-state index in [9.17, 15) is 0 Å². The molecule has 5 aromatic carbocycles. The van der Waals surface area contributed by atoms with Gasteiger partial charge < -0.3 is 29.5 Å². The predicted octanol–water partition coefficient (Wildman–Crippen LogP) is 31.0. The Morgan fingerprint density at radius 3 is 1.17 bits per heavy atom. The molecule has 0 amide bonds. The van der Waals surface area contributed by atoms with E-state index in [2.05, 4.69) is 413 Å². The van der Waals surface area contributed by atoms with Crippen molar-refractivity contribution >= 4 is 0 Å². The molecule has 0 spiro atoms. The number of morpholine rings is 1. The standard InChI is InChI=1S/2C10H14O.3C10H14.C9H14NO.4C9H13N.C8H18N2.C8H17N.C8H11N.C7H15NO/c1-8(2)9-6-4-5-7-10(9)11-3;1-8(2)10-5-3-4-9(6-10)7-11;1-8(2)10-6-4-9(3)5-7-10;1-8(2)10-6-4-5-9(3)7-10;1-8(2)10-7-5-4-6-9(10)3;1-8(2)10-5-3-9(7-11)4-6-10;1-7(2)9-6-8(3)4-5-10-9;1-7(2)9-5-4-8(3)6-10-9;1-7(2)9-8(3)5-4-6-10-9;1-7(2)9-6-4-5-8(3)10-9;1-8(2)10-6-4-9(3)5-7-10;1-8(2)9-6-4-3-5-7-9;1-7(2)8-5-3-4-6-9-8;1-7(2)8-3-5-9-6-4-8/h4-8H,1-3H3;3-6,8,11H,7H2,1-2H3;3*4-8H,1-3H3;3-6,8,11H,7H2,1-2H3;4*4-7H,1-3H3;8H,4-7H2,1-3H3;8H,3-7H2,1-2H3;3-7H,1-2H3;7H,3-6H2,1-2H3/q;;;;;+1;;;;;;;;. The van der Waals surface area contributed by atoms with E-state index in [1.54, 1.807) is 7.11 Å². The normalized spacial score (nSPS) is 13.0. The first-order valence-electron chi connectivity index (χ1n) is 52.5. The minimum absolute atomic E-state index is 0.124. The number of piperazine rings is 1. The molecule has 0 unspecified atom stereocenters. The summed E-state index contributed by atoms with van der Waals surface area (Å²) in [6.07, 6.45) is 15.7. The largest absolute Gasteiger partial charge is 0.496 e.